The number of nitrogens with one attached hydrogen (secondary N) is 3. The zero-order valence-corrected chi connectivity index (χ0v) is 22.1. The highest BCUT2D eigenvalue weighted by Gasteiger charge is 2.30. The van der Waals surface area contributed by atoms with E-state index in [-0.39, 0.29) is 17.0 Å². The molecule has 1 unspecified atom stereocenters. The molecule has 40 heavy (non-hydrogen) atoms. The summed E-state index contributed by atoms with van der Waals surface area (Å²) in [5.41, 5.74) is 16.0. The second kappa shape index (κ2) is 9.96. The normalized spacial score (nSPS) is 18.3. The van der Waals surface area contributed by atoms with Crippen LogP contribution < -0.4 is 27.4 Å². The van der Waals surface area contributed by atoms with Crippen molar-refractivity contribution in [1.29, 1.82) is 0 Å². The second-order valence-electron chi connectivity index (χ2n) is 10.6. The van der Waals surface area contributed by atoms with Gasteiger partial charge in [0.05, 0.1) is 17.1 Å². The topological polar surface area (TPSA) is 123 Å². The van der Waals surface area contributed by atoms with E-state index in [1.807, 2.05) is 59.3 Å². The summed E-state index contributed by atoms with van der Waals surface area (Å²) < 4.78 is 5.64. The molecule has 3 aliphatic heterocycles. The molecule has 0 spiro atoms. The Labute approximate surface area is 231 Å². The van der Waals surface area contributed by atoms with Crippen molar-refractivity contribution in [2.45, 2.75) is 44.3 Å². The molecule has 204 valence electrons. The molecule has 4 aromatic rings. The van der Waals surface area contributed by atoms with Crippen LogP contribution in [0.4, 0.5) is 5.69 Å². The first-order valence-corrected chi connectivity index (χ1v) is 13.9. The van der Waals surface area contributed by atoms with E-state index in [2.05, 4.69) is 31.8 Å². The van der Waals surface area contributed by atoms with Gasteiger partial charge in [-0.25, -0.2) is 9.67 Å². The van der Waals surface area contributed by atoms with Crippen LogP contribution in [0.25, 0.3) is 16.8 Å². The van der Waals surface area contributed by atoms with Gasteiger partial charge in [0.2, 0.25) is 0 Å². The lowest BCUT2D eigenvalue weighted by Crippen LogP contribution is -2.32. The molecule has 1 saturated heterocycles. The Bertz CT molecular complexity index is 1660. The minimum absolute atomic E-state index is 0.216. The number of anilines is 1. The molecule has 5 heterocycles. The second-order valence-corrected chi connectivity index (χ2v) is 10.6. The molecule has 0 saturated carbocycles. The molecule has 1 atom stereocenters. The minimum atomic E-state index is -0.463. The predicted molar refractivity (Wildman–Crippen MR) is 156 cm³/mol. The van der Waals surface area contributed by atoms with E-state index in [0.717, 1.165) is 60.6 Å². The Hall–Kier alpha value is -4.41. The number of nitrogens with two attached hydrogens (primary N) is 1. The zero-order valence-electron chi connectivity index (χ0n) is 22.1. The maximum atomic E-state index is 13.4. The Morgan fingerprint density at radius 1 is 1.05 bits per heavy atom. The van der Waals surface area contributed by atoms with E-state index in [4.69, 9.17) is 5.73 Å². The van der Waals surface area contributed by atoms with E-state index in [1.54, 1.807) is 11.0 Å². The summed E-state index contributed by atoms with van der Waals surface area (Å²) in [6.07, 6.45) is 4.94. The van der Waals surface area contributed by atoms with Crippen LogP contribution in [0, 0.1) is 0 Å². The van der Waals surface area contributed by atoms with Crippen molar-refractivity contribution < 1.29 is 4.79 Å². The smallest absolute Gasteiger partial charge is 0.284 e. The molecular formula is C30H32N8O2. The molecule has 0 aliphatic carbocycles. The first kappa shape index (κ1) is 24.6. The molecule has 0 bridgehead atoms. The SMILES string of the molecule is NC1N=CNn2c(C3CCNCC3)cc(-c3ccc(NC(=O)c4c5n(n(-c6ccccc6)c4=O)CCC5)cc3)c21. The number of para-hydroxylation sites is 1. The van der Waals surface area contributed by atoms with Crippen LogP contribution >= 0.6 is 0 Å². The van der Waals surface area contributed by atoms with E-state index < -0.39 is 6.17 Å². The lowest BCUT2D eigenvalue weighted by molar-refractivity contribution is 0.102. The number of rotatable bonds is 5. The van der Waals surface area contributed by atoms with Gasteiger partial charge in [0.15, 0.2) is 0 Å². The molecule has 1 fully saturated rings. The maximum Gasteiger partial charge on any atom is 0.284 e. The minimum Gasteiger partial charge on any atom is -0.322 e. The van der Waals surface area contributed by atoms with Gasteiger partial charge in [0, 0.05) is 29.4 Å². The fraction of sp³-hybridized carbons (Fsp3) is 0.300. The van der Waals surface area contributed by atoms with Gasteiger partial charge in [-0.2, -0.15) is 0 Å². The standard InChI is InChI=1S/C30H32N8O2/c31-28-27-23(17-25(37(27)34-18-33-28)20-12-14-32-15-13-20)19-8-10-21(11-9-19)35-29(39)26-24-7-4-16-36(24)38(30(26)40)22-5-2-1-3-6-22/h1-3,5-6,8-11,17-18,20,28,32H,4,7,12-16,31H2,(H,33,34)(H,35,39). The number of benzene rings is 2. The Kier molecular flexibility index (Phi) is 6.13. The van der Waals surface area contributed by atoms with Gasteiger partial charge in [0.1, 0.15) is 18.1 Å². The average Bonchev–Trinajstić information content (AvgIpc) is 3.67. The summed E-state index contributed by atoms with van der Waals surface area (Å²) in [4.78, 5) is 31.2. The highest BCUT2D eigenvalue weighted by molar-refractivity contribution is 6.05. The van der Waals surface area contributed by atoms with Crippen LogP contribution in [0.3, 0.4) is 0 Å². The summed E-state index contributed by atoms with van der Waals surface area (Å²) >= 11 is 0. The van der Waals surface area contributed by atoms with Crippen molar-refractivity contribution in [2.75, 3.05) is 23.8 Å². The number of carbonyl (C=O) groups is 1. The monoisotopic (exact) mass is 536 g/mol. The van der Waals surface area contributed by atoms with Crippen molar-refractivity contribution >= 4 is 17.9 Å². The van der Waals surface area contributed by atoms with E-state index >= 15 is 0 Å². The number of carbonyl (C=O) groups excluding carboxylic acids is 1. The molecule has 10 heteroatoms. The molecule has 3 aliphatic rings. The zero-order chi connectivity index (χ0) is 27.2. The third-order valence-electron chi connectivity index (χ3n) is 8.24. The summed E-state index contributed by atoms with van der Waals surface area (Å²) in [5, 5.41) is 6.40. The molecule has 10 nitrogen and oxygen atoms in total. The quantitative estimate of drug-likeness (QED) is 0.312. The summed E-state index contributed by atoms with van der Waals surface area (Å²) in [6, 6.07) is 19.4. The number of aromatic nitrogens is 3. The fourth-order valence-corrected chi connectivity index (χ4v) is 6.33. The van der Waals surface area contributed by atoms with Crippen molar-refractivity contribution in [1.82, 2.24) is 19.4 Å². The van der Waals surface area contributed by atoms with E-state index in [0.29, 0.717) is 24.6 Å². The summed E-state index contributed by atoms with van der Waals surface area (Å²) in [6.45, 7) is 2.71. The number of aliphatic imine (C=N–C) groups is 1. The van der Waals surface area contributed by atoms with Crippen LogP contribution in [0.2, 0.25) is 0 Å². The molecule has 2 aromatic carbocycles. The van der Waals surface area contributed by atoms with Crippen molar-refractivity contribution in [3.05, 3.63) is 93.7 Å². The van der Waals surface area contributed by atoms with Gasteiger partial charge in [-0.3, -0.25) is 24.4 Å². The van der Waals surface area contributed by atoms with Gasteiger partial charge in [-0.05, 0) is 74.7 Å². The Balaban J connectivity index is 1.18. The fourth-order valence-electron chi connectivity index (χ4n) is 6.33. The van der Waals surface area contributed by atoms with Gasteiger partial charge in [0.25, 0.3) is 11.5 Å². The number of nitrogens with zero attached hydrogens (tertiary/aromatic N) is 4. The summed E-state index contributed by atoms with van der Waals surface area (Å²) in [5.74, 6) is 0.0515. The van der Waals surface area contributed by atoms with Crippen LogP contribution in [0.1, 0.15) is 58.8 Å². The van der Waals surface area contributed by atoms with Gasteiger partial charge < -0.3 is 16.4 Å². The molecule has 7 rings (SSSR count). The highest BCUT2D eigenvalue weighted by atomic mass is 16.2. The van der Waals surface area contributed by atoms with Crippen LogP contribution in [-0.2, 0) is 13.0 Å². The van der Waals surface area contributed by atoms with Gasteiger partial charge in [-0.1, -0.05) is 30.3 Å². The van der Waals surface area contributed by atoms with Gasteiger partial charge >= 0.3 is 0 Å². The number of fused-ring (bicyclic) bond motifs is 2. The van der Waals surface area contributed by atoms with E-state index in [1.165, 1.54) is 5.69 Å². The van der Waals surface area contributed by atoms with Crippen molar-refractivity contribution in [2.24, 2.45) is 10.7 Å². The Morgan fingerprint density at radius 3 is 2.60 bits per heavy atom. The third kappa shape index (κ3) is 4.07. The number of hydrogen-bond acceptors (Lipinski definition) is 6. The maximum absolute atomic E-state index is 13.4. The molecule has 0 radical (unpaired) electrons. The number of hydrogen-bond donors (Lipinski definition) is 4. The van der Waals surface area contributed by atoms with Crippen molar-refractivity contribution in [3.63, 3.8) is 0 Å². The lowest BCUT2D eigenvalue weighted by Gasteiger charge is -2.26. The summed E-state index contributed by atoms with van der Waals surface area (Å²) in [7, 11) is 0. The average molecular weight is 537 g/mol. The van der Waals surface area contributed by atoms with Crippen LogP contribution in [0.5, 0.6) is 0 Å². The first-order valence-electron chi connectivity index (χ1n) is 13.9. The Morgan fingerprint density at radius 2 is 1.82 bits per heavy atom. The predicted octanol–water partition coefficient (Wildman–Crippen LogP) is 3.32. The molecule has 5 N–H and O–H groups in total. The first-order chi connectivity index (χ1) is 19.6. The number of piperidine rings is 1. The van der Waals surface area contributed by atoms with Crippen LogP contribution in [0.15, 0.2) is 70.5 Å². The molecular weight excluding hydrogens is 504 g/mol. The molecule has 2 aromatic heterocycles. The molecule has 1 amide bonds. The van der Waals surface area contributed by atoms with Crippen molar-refractivity contribution in [3.8, 4) is 16.8 Å². The highest BCUT2D eigenvalue weighted by Crippen LogP contribution is 2.37. The van der Waals surface area contributed by atoms with Gasteiger partial charge in [-0.15, -0.1) is 0 Å². The van der Waals surface area contributed by atoms with Crippen LogP contribution in [-0.4, -0.2) is 39.4 Å². The lowest BCUT2D eigenvalue weighted by atomic mass is 9.94. The third-order valence-corrected chi connectivity index (χ3v) is 8.24. The van der Waals surface area contributed by atoms with E-state index in [9.17, 15) is 9.59 Å². The largest absolute Gasteiger partial charge is 0.322 e. The number of amides is 1.